The van der Waals surface area contributed by atoms with Gasteiger partial charge in [-0.2, -0.15) is 5.10 Å². The number of methoxy groups -OCH3 is 1. The maximum atomic E-state index is 14.4. The minimum atomic E-state index is -0.829. The highest BCUT2D eigenvalue weighted by Crippen LogP contribution is 2.38. The van der Waals surface area contributed by atoms with Gasteiger partial charge in [0.15, 0.2) is 11.5 Å². The van der Waals surface area contributed by atoms with Gasteiger partial charge in [0, 0.05) is 12.3 Å². The maximum Gasteiger partial charge on any atom is 0.267 e. The normalized spacial score (nSPS) is 13.2. The molecule has 1 aliphatic heterocycles. The van der Waals surface area contributed by atoms with Crippen LogP contribution in [-0.2, 0) is 0 Å². The molecular formula is C22H14F2N4O3. The molecule has 0 spiro atoms. The van der Waals surface area contributed by atoms with Gasteiger partial charge in [-0.25, -0.2) is 23.3 Å². The Labute approximate surface area is 174 Å². The quantitative estimate of drug-likeness (QED) is 0.471. The zero-order chi connectivity index (χ0) is 21.9. The Bertz CT molecular complexity index is 1410. The lowest BCUT2D eigenvalue weighted by molar-refractivity contribution is 0.0925. The zero-order valence-electron chi connectivity index (χ0n) is 16.4. The number of amides is 2. The molecule has 0 bridgehead atoms. The minimum absolute atomic E-state index is 0.0229. The second-order valence-electron chi connectivity index (χ2n) is 6.96. The number of pyridine rings is 1. The second-order valence-corrected chi connectivity index (χ2v) is 6.96. The molecule has 154 valence electrons. The van der Waals surface area contributed by atoms with Crippen LogP contribution in [0.25, 0.3) is 16.7 Å². The number of halogens is 2. The SMILES string of the molecule is COc1ccccc1N1C(=O)c2cnc3c(c(C)nn3-c3ccc(F)cc3F)c2C1=O. The third-order valence-electron chi connectivity index (χ3n) is 5.19. The van der Waals surface area contributed by atoms with E-state index in [1.165, 1.54) is 24.1 Å². The van der Waals surface area contributed by atoms with Crippen LogP contribution in [0, 0.1) is 18.6 Å². The van der Waals surface area contributed by atoms with Crippen molar-refractivity contribution in [2.24, 2.45) is 0 Å². The lowest BCUT2D eigenvalue weighted by Crippen LogP contribution is -2.29. The molecule has 0 saturated carbocycles. The highest BCUT2D eigenvalue weighted by Gasteiger charge is 2.41. The van der Waals surface area contributed by atoms with Crippen molar-refractivity contribution >= 4 is 28.5 Å². The molecule has 0 fully saturated rings. The smallest absolute Gasteiger partial charge is 0.267 e. The van der Waals surface area contributed by atoms with Crippen molar-refractivity contribution in [1.82, 2.24) is 14.8 Å². The van der Waals surface area contributed by atoms with Gasteiger partial charge in [-0.05, 0) is 31.2 Å². The number of hydrogen-bond acceptors (Lipinski definition) is 5. The molecule has 2 aromatic heterocycles. The predicted molar refractivity (Wildman–Crippen MR) is 108 cm³/mol. The molecule has 0 aliphatic carbocycles. The van der Waals surface area contributed by atoms with Gasteiger partial charge in [0.2, 0.25) is 0 Å². The van der Waals surface area contributed by atoms with Crippen molar-refractivity contribution in [3.63, 3.8) is 0 Å². The minimum Gasteiger partial charge on any atom is -0.495 e. The number of imide groups is 1. The van der Waals surface area contributed by atoms with Crippen molar-refractivity contribution in [2.45, 2.75) is 6.92 Å². The first-order chi connectivity index (χ1) is 14.9. The summed E-state index contributed by atoms with van der Waals surface area (Å²) in [7, 11) is 1.45. The van der Waals surface area contributed by atoms with Gasteiger partial charge in [-0.15, -0.1) is 0 Å². The molecule has 0 unspecified atom stereocenters. The number of hydrogen-bond donors (Lipinski definition) is 0. The molecule has 0 saturated heterocycles. The molecular weight excluding hydrogens is 406 g/mol. The summed E-state index contributed by atoms with van der Waals surface area (Å²) in [6, 6.07) is 9.75. The van der Waals surface area contributed by atoms with Crippen molar-refractivity contribution in [1.29, 1.82) is 0 Å². The number of carbonyl (C=O) groups is 2. The molecule has 2 aromatic carbocycles. The molecule has 7 nitrogen and oxygen atoms in total. The summed E-state index contributed by atoms with van der Waals surface area (Å²) in [6.07, 6.45) is 1.27. The van der Waals surface area contributed by atoms with Crippen molar-refractivity contribution in [3.8, 4) is 11.4 Å². The molecule has 0 radical (unpaired) electrons. The van der Waals surface area contributed by atoms with Crippen LogP contribution in [0.2, 0.25) is 0 Å². The highest BCUT2D eigenvalue weighted by molar-refractivity contribution is 6.37. The van der Waals surface area contributed by atoms with Gasteiger partial charge in [-0.3, -0.25) is 9.59 Å². The lowest BCUT2D eigenvalue weighted by Gasteiger charge is -2.16. The predicted octanol–water partition coefficient (Wildman–Crippen LogP) is 3.82. The van der Waals surface area contributed by atoms with Gasteiger partial charge in [0.1, 0.15) is 17.3 Å². The first-order valence-corrected chi connectivity index (χ1v) is 9.28. The summed E-state index contributed by atoms with van der Waals surface area (Å²) >= 11 is 0. The molecule has 4 aromatic rings. The van der Waals surface area contributed by atoms with Gasteiger partial charge in [0.25, 0.3) is 11.8 Å². The van der Waals surface area contributed by atoms with Gasteiger partial charge in [-0.1, -0.05) is 12.1 Å². The first-order valence-electron chi connectivity index (χ1n) is 9.28. The maximum absolute atomic E-state index is 14.4. The Morgan fingerprint density at radius 3 is 2.52 bits per heavy atom. The zero-order valence-corrected chi connectivity index (χ0v) is 16.4. The van der Waals surface area contributed by atoms with Gasteiger partial charge >= 0.3 is 0 Å². The molecule has 0 atom stereocenters. The summed E-state index contributed by atoms with van der Waals surface area (Å²) in [5.41, 5.74) is 1.10. The second kappa shape index (κ2) is 6.69. The van der Waals surface area contributed by atoms with E-state index in [2.05, 4.69) is 10.1 Å². The molecule has 9 heteroatoms. The van der Waals surface area contributed by atoms with E-state index in [4.69, 9.17) is 4.74 Å². The monoisotopic (exact) mass is 420 g/mol. The highest BCUT2D eigenvalue weighted by atomic mass is 19.1. The Morgan fingerprint density at radius 2 is 1.77 bits per heavy atom. The van der Waals surface area contributed by atoms with Crippen LogP contribution in [0.5, 0.6) is 5.75 Å². The summed E-state index contributed by atoms with van der Waals surface area (Å²) in [5, 5.41) is 4.63. The number of benzene rings is 2. The third-order valence-corrected chi connectivity index (χ3v) is 5.19. The fraction of sp³-hybridized carbons (Fsp3) is 0.0909. The van der Waals surface area contributed by atoms with Crippen LogP contribution in [0.1, 0.15) is 26.4 Å². The number of aryl methyl sites for hydroxylation is 1. The van der Waals surface area contributed by atoms with Crippen molar-refractivity contribution in [2.75, 3.05) is 12.0 Å². The number of anilines is 1. The number of aromatic nitrogens is 3. The standard InChI is InChI=1S/C22H14F2N4O3/c1-11-18-19-13(21(29)27(22(19)30)16-5-3-4-6-17(16)31-2)10-25-20(18)28(26-11)15-8-7-12(23)9-14(15)24/h3-10H,1-2H3. The largest absolute Gasteiger partial charge is 0.495 e. The van der Waals surface area contributed by atoms with E-state index in [0.717, 1.165) is 17.0 Å². The Balaban J connectivity index is 1.73. The number of nitrogens with zero attached hydrogens (tertiary/aromatic N) is 4. The molecule has 0 N–H and O–H groups in total. The Morgan fingerprint density at radius 1 is 1.00 bits per heavy atom. The fourth-order valence-electron chi connectivity index (χ4n) is 3.81. The van der Waals surface area contributed by atoms with E-state index in [9.17, 15) is 18.4 Å². The molecule has 1 aliphatic rings. The summed E-state index contributed by atoms with van der Waals surface area (Å²) in [6.45, 7) is 1.63. The van der Waals surface area contributed by atoms with Gasteiger partial charge < -0.3 is 4.74 Å². The van der Waals surface area contributed by atoms with E-state index in [0.29, 0.717) is 22.5 Å². The van der Waals surface area contributed by atoms with Crippen LogP contribution < -0.4 is 9.64 Å². The topological polar surface area (TPSA) is 77.3 Å². The average molecular weight is 420 g/mol. The summed E-state index contributed by atoms with van der Waals surface area (Å²) < 4.78 is 34.2. The first kappa shape index (κ1) is 18.9. The number of rotatable bonds is 3. The molecule has 2 amide bonds. The van der Waals surface area contributed by atoms with E-state index in [1.54, 1.807) is 31.2 Å². The van der Waals surface area contributed by atoms with E-state index in [1.807, 2.05) is 0 Å². The lowest BCUT2D eigenvalue weighted by atomic mass is 10.1. The molecule has 5 rings (SSSR count). The third kappa shape index (κ3) is 2.63. The number of fused-ring (bicyclic) bond motifs is 3. The molecule has 31 heavy (non-hydrogen) atoms. The number of carbonyl (C=O) groups excluding carboxylic acids is 2. The van der Waals surface area contributed by atoms with Crippen LogP contribution in [0.4, 0.5) is 14.5 Å². The summed E-state index contributed by atoms with van der Waals surface area (Å²) in [4.78, 5) is 31.7. The van der Waals surface area contributed by atoms with Crippen molar-refractivity contribution < 1.29 is 23.1 Å². The van der Waals surface area contributed by atoms with Crippen LogP contribution in [0.15, 0.2) is 48.7 Å². The van der Waals surface area contributed by atoms with Gasteiger partial charge in [0.05, 0.1) is 35.0 Å². The Hall–Kier alpha value is -4.14. The van der Waals surface area contributed by atoms with E-state index < -0.39 is 23.4 Å². The van der Waals surface area contributed by atoms with Crippen LogP contribution in [-0.4, -0.2) is 33.7 Å². The Kier molecular flexibility index (Phi) is 4.07. The average Bonchev–Trinajstić information content (AvgIpc) is 3.22. The van der Waals surface area contributed by atoms with Crippen LogP contribution in [0.3, 0.4) is 0 Å². The van der Waals surface area contributed by atoms with Crippen LogP contribution >= 0.6 is 0 Å². The number of ether oxygens (including phenoxy) is 1. The number of para-hydroxylation sites is 2. The van der Waals surface area contributed by atoms with E-state index in [-0.39, 0.29) is 22.5 Å². The van der Waals surface area contributed by atoms with E-state index >= 15 is 0 Å². The molecule has 3 heterocycles. The van der Waals surface area contributed by atoms with Crippen molar-refractivity contribution in [3.05, 3.63) is 77.1 Å². The summed E-state index contributed by atoms with van der Waals surface area (Å²) in [5.74, 6) is -2.29. The fourth-order valence-corrected chi connectivity index (χ4v) is 3.81.